The predicted molar refractivity (Wildman–Crippen MR) is 72.7 cm³/mol. The first-order valence-corrected chi connectivity index (χ1v) is 6.38. The molecule has 0 aliphatic rings. The molecule has 0 heterocycles. The lowest BCUT2D eigenvalue weighted by molar-refractivity contribution is -0.134. The highest BCUT2D eigenvalue weighted by Crippen LogP contribution is 2.32. The van der Waals surface area contributed by atoms with Gasteiger partial charge in [-0.3, -0.25) is 4.79 Å². The van der Waals surface area contributed by atoms with Crippen molar-refractivity contribution in [1.82, 2.24) is 4.90 Å². The molecular weight excluding hydrogens is 262 g/mol. The minimum absolute atomic E-state index is 0.166. The predicted octanol–water partition coefficient (Wildman–Crippen LogP) is 1.43. The van der Waals surface area contributed by atoms with Crippen molar-refractivity contribution in [2.45, 2.75) is 20.8 Å². The average molecular weight is 281 g/mol. The summed E-state index contributed by atoms with van der Waals surface area (Å²) in [4.78, 5) is 25.0. The maximum Gasteiger partial charge on any atom is 0.342 e. The van der Waals surface area contributed by atoms with E-state index >= 15 is 0 Å². The molecule has 0 aliphatic heterocycles. The Balaban J connectivity index is 2.73. The van der Waals surface area contributed by atoms with Gasteiger partial charge in [0.25, 0.3) is 5.91 Å². The van der Waals surface area contributed by atoms with E-state index in [0.29, 0.717) is 18.7 Å². The number of esters is 1. The second-order valence-corrected chi connectivity index (χ2v) is 4.27. The van der Waals surface area contributed by atoms with E-state index in [1.165, 1.54) is 17.0 Å². The zero-order valence-electron chi connectivity index (χ0n) is 11.8. The fourth-order valence-corrected chi connectivity index (χ4v) is 1.72. The highest BCUT2D eigenvalue weighted by atomic mass is 16.5. The highest BCUT2D eigenvalue weighted by Gasteiger charge is 2.19. The van der Waals surface area contributed by atoms with Gasteiger partial charge in [0, 0.05) is 13.1 Å². The molecule has 6 nitrogen and oxygen atoms in total. The second-order valence-electron chi connectivity index (χ2n) is 4.27. The van der Waals surface area contributed by atoms with Crippen molar-refractivity contribution in [2.75, 3.05) is 19.7 Å². The lowest BCUT2D eigenvalue weighted by atomic mass is 10.1. The molecule has 0 atom stereocenters. The zero-order chi connectivity index (χ0) is 15.3. The minimum atomic E-state index is -0.849. The number of phenols is 2. The van der Waals surface area contributed by atoms with Crippen molar-refractivity contribution in [3.05, 3.63) is 23.3 Å². The van der Waals surface area contributed by atoms with Crippen molar-refractivity contribution in [2.24, 2.45) is 0 Å². The van der Waals surface area contributed by atoms with Crippen LogP contribution in [0.15, 0.2) is 12.1 Å². The van der Waals surface area contributed by atoms with Gasteiger partial charge in [-0.1, -0.05) is 6.07 Å². The Morgan fingerprint density at radius 2 is 1.75 bits per heavy atom. The summed E-state index contributed by atoms with van der Waals surface area (Å²) in [6.07, 6.45) is 0. The van der Waals surface area contributed by atoms with Gasteiger partial charge in [-0.15, -0.1) is 0 Å². The van der Waals surface area contributed by atoms with E-state index in [1.807, 2.05) is 13.8 Å². The van der Waals surface area contributed by atoms with Crippen LogP contribution in [0.4, 0.5) is 0 Å². The monoisotopic (exact) mass is 281 g/mol. The van der Waals surface area contributed by atoms with Crippen LogP contribution in [0.25, 0.3) is 0 Å². The molecule has 2 N–H and O–H groups in total. The van der Waals surface area contributed by atoms with Crippen molar-refractivity contribution in [1.29, 1.82) is 0 Å². The maximum atomic E-state index is 11.8. The van der Waals surface area contributed by atoms with Crippen LogP contribution in [0.5, 0.6) is 11.5 Å². The summed E-state index contributed by atoms with van der Waals surface area (Å²) in [5, 5.41) is 19.2. The Morgan fingerprint density at radius 3 is 2.30 bits per heavy atom. The number of ether oxygens (including phenoxy) is 1. The largest absolute Gasteiger partial charge is 0.504 e. The van der Waals surface area contributed by atoms with E-state index in [4.69, 9.17) is 4.74 Å². The summed E-state index contributed by atoms with van der Waals surface area (Å²) >= 11 is 0. The molecule has 0 unspecified atom stereocenters. The molecule has 0 saturated heterocycles. The molecule has 0 bridgehead atoms. The van der Waals surface area contributed by atoms with Crippen LogP contribution < -0.4 is 0 Å². The smallest absolute Gasteiger partial charge is 0.342 e. The SMILES string of the molecule is CCN(CC)C(=O)COC(=O)c1ccc(C)c(O)c1O. The van der Waals surface area contributed by atoms with E-state index in [-0.39, 0.29) is 17.2 Å². The molecule has 110 valence electrons. The number of hydrogen-bond acceptors (Lipinski definition) is 5. The first-order chi connectivity index (χ1) is 9.42. The van der Waals surface area contributed by atoms with Crippen molar-refractivity contribution in [3.63, 3.8) is 0 Å². The molecule has 0 spiro atoms. The van der Waals surface area contributed by atoms with Crippen LogP contribution in [-0.4, -0.2) is 46.7 Å². The summed E-state index contributed by atoms with van der Waals surface area (Å²) in [5.41, 5.74) is 0.277. The highest BCUT2D eigenvalue weighted by molar-refractivity contribution is 5.94. The van der Waals surface area contributed by atoms with E-state index in [2.05, 4.69) is 0 Å². The number of carbonyl (C=O) groups excluding carboxylic acids is 2. The summed E-state index contributed by atoms with van der Waals surface area (Å²) in [6.45, 7) is 5.91. The Hall–Kier alpha value is -2.24. The lowest BCUT2D eigenvalue weighted by Gasteiger charge is -2.18. The Bertz CT molecular complexity index is 509. The van der Waals surface area contributed by atoms with Gasteiger partial charge in [0.05, 0.1) is 0 Å². The summed E-state index contributed by atoms with van der Waals surface area (Å²) in [6, 6.07) is 2.83. The molecule has 1 aromatic carbocycles. The molecule has 0 radical (unpaired) electrons. The van der Waals surface area contributed by atoms with Gasteiger partial charge in [-0.05, 0) is 32.4 Å². The van der Waals surface area contributed by atoms with E-state index in [1.54, 1.807) is 6.92 Å². The summed E-state index contributed by atoms with van der Waals surface area (Å²) in [5.74, 6) is -2.06. The van der Waals surface area contributed by atoms with Gasteiger partial charge in [-0.2, -0.15) is 0 Å². The van der Waals surface area contributed by atoms with E-state index < -0.39 is 18.3 Å². The number of carbonyl (C=O) groups is 2. The van der Waals surface area contributed by atoms with E-state index in [9.17, 15) is 19.8 Å². The Labute approximate surface area is 117 Å². The standard InChI is InChI=1S/C14H19NO5/c1-4-15(5-2)11(16)8-20-14(19)10-7-6-9(3)12(17)13(10)18/h6-7,17-18H,4-5,8H2,1-3H3. The molecule has 0 aromatic heterocycles. The van der Waals surface area contributed by atoms with Gasteiger partial charge in [0.2, 0.25) is 0 Å². The number of nitrogens with zero attached hydrogens (tertiary/aromatic N) is 1. The molecule has 0 saturated carbocycles. The van der Waals surface area contributed by atoms with Gasteiger partial charge >= 0.3 is 5.97 Å². The normalized spacial score (nSPS) is 10.2. The third-order valence-corrected chi connectivity index (χ3v) is 3.02. The number of rotatable bonds is 5. The zero-order valence-corrected chi connectivity index (χ0v) is 11.8. The van der Waals surface area contributed by atoms with Crippen LogP contribution in [0.3, 0.4) is 0 Å². The quantitative estimate of drug-likeness (QED) is 0.630. The van der Waals surface area contributed by atoms with Crippen molar-refractivity contribution >= 4 is 11.9 Å². The molecular formula is C14H19NO5. The number of benzene rings is 1. The molecule has 6 heteroatoms. The summed E-state index contributed by atoms with van der Waals surface area (Å²) in [7, 11) is 0. The molecule has 1 amide bonds. The molecule has 1 aromatic rings. The number of aromatic hydroxyl groups is 2. The Morgan fingerprint density at radius 1 is 1.15 bits per heavy atom. The van der Waals surface area contributed by atoms with Gasteiger partial charge < -0.3 is 19.8 Å². The number of likely N-dealkylation sites (N-methyl/N-ethyl adjacent to an activating group) is 1. The first kappa shape index (κ1) is 15.8. The topological polar surface area (TPSA) is 87.1 Å². The lowest BCUT2D eigenvalue weighted by Crippen LogP contribution is -2.34. The number of amides is 1. The third kappa shape index (κ3) is 3.40. The van der Waals surface area contributed by atoms with E-state index in [0.717, 1.165) is 0 Å². The molecule has 0 fully saturated rings. The second kappa shape index (κ2) is 6.79. The van der Waals surface area contributed by atoms with Crippen LogP contribution >= 0.6 is 0 Å². The third-order valence-electron chi connectivity index (χ3n) is 3.02. The van der Waals surface area contributed by atoms with Crippen molar-refractivity contribution < 1.29 is 24.5 Å². The van der Waals surface area contributed by atoms with Gasteiger partial charge in [-0.25, -0.2) is 4.79 Å². The average Bonchev–Trinajstić information content (AvgIpc) is 2.43. The van der Waals surface area contributed by atoms with Gasteiger partial charge in [0.1, 0.15) is 5.56 Å². The Kier molecular flexibility index (Phi) is 5.37. The number of aryl methyl sites for hydroxylation is 1. The molecule has 1 rings (SSSR count). The maximum absolute atomic E-state index is 11.8. The first-order valence-electron chi connectivity index (χ1n) is 6.38. The van der Waals surface area contributed by atoms with Crippen LogP contribution in [0, 0.1) is 6.92 Å². The summed E-state index contributed by atoms with van der Waals surface area (Å²) < 4.78 is 4.85. The fourth-order valence-electron chi connectivity index (χ4n) is 1.72. The number of hydrogen-bond donors (Lipinski definition) is 2. The van der Waals surface area contributed by atoms with Crippen LogP contribution in [0.1, 0.15) is 29.8 Å². The fraction of sp³-hybridized carbons (Fsp3) is 0.429. The number of phenolic OH excluding ortho intramolecular Hbond substituents is 2. The van der Waals surface area contributed by atoms with Crippen LogP contribution in [0.2, 0.25) is 0 Å². The minimum Gasteiger partial charge on any atom is -0.504 e. The van der Waals surface area contributed by atoms with Crippen LogP contribution in [-0.2, 0) is 9.53 Å². The molecule has 20 heavy (non-hydrogen) atoms. The molecule has 0 aliphatic carbocycles. The van der Waals surface area contributed by atoms with Crippen molar-refractivity contribution in [3.8, 4) is 11.5 Å². The van der Waals surface area contributed by atoms with Gasteiger partial charge in [0.15, 0.2) is 18.1 Å².